The van der Waals surface area contributed by atoms with Crippen molar-refractivity contribution in [2.45, 2.75) is 6.54 Å². The summed E-state index contributed by atoms with van der Waals surface area (Å²) < 4.78 is 11.6. The summed E-state index contributed by atoms with van der Waals surface area (Å²) in [6, 6.07) is 17.2. The molecule has 0 spiro atoms. The van der Waals surface area contributed by atoms with Gasteiger partial charge in [0.2, 0.25) is 0 Å². The van der Waals surface area contributed by atoms with Gasteiger partial charge in [0.15, 0.2) is 5.13 Å². The second-order valence-electron chi connectivity index (χ2n) is 8.65. The fourth-order valence-electron chi connectivity index (χ4n) is 3.98. The first kappa shape index (κ1) is 25.9. The van der Waals surface area contributed by atoms with E-state index in [1.54, 1.807) is 20.4 Å². The molecule has 0 aliphatic carbocycles. The van der Waals surface area contributed by atoms with E-state index in [9.17, 15) is 4.79 Å². The first-order chi connectivity index (χ1) is 18.6. The summed E-state index contributed by atoms with van der Waals surface area (Å²) in [5.41, 5.74) is 4.97. The molecule has 0 saturated carbocycles. The van der Waals surface area contributed by atoms with Crippen LogP contribution in [-0.2, 0) is 11.3 Å². The number of likely N-dealkylation sites (N-methyl/N-ethyl adjacent to an activating group) is 1. The zero-order valence-electron chi connectivity index (χ0n) is 21.3. The molecule has 0 atom stereocenters. The van der Waals surface area contributed by atoms with Crippen LogP contribution in [0.4, 0.5) is 5.13 Å². The van der Waals surface area contributed by atoms with Crippen molar-refractivity contribution < 1.29 is 14.3 Å². The van der Waals surface area contributed by atoms with Gasteiger partial charge in [-0.05, 0) is 49.0 Å². The number of hydrogen-bond acceptors (Lipinski definition) is 9. The zero-order valence-corrected chi connectivity index (χ0v) is 22.9. The van der Waals surface area contributed by atoms with Gasteiger partial charge in [-0.2, -0.15) is 0 Å². The fraction of sp³-hybridized carbons (Fsp3) is 0.214. The van der Waals surface area contributed by atoms with Gasteiger partial charge in [-0.15, -0.1) is 11.3 Å². The van der Waals surface area contributed by atoms with Crippen LogP contribution >= 0.6 is 22.7 Å². The van der Waals surface area contributed by atoms with Crippen molar-refractivity contribution in [2.75, 3.05) is 39.7 Å². The number of amides is 1. The Bertz CT molecular complexity index is 1530. The number of nitrogens with zero attached hydrogens (tertiary/aromatic N) is 4. The van der Waals surface area contributed by atoms with Gasteiger partial charge in [0, 0.05) is 42.9 Å². The van der Waals surface area contributed by atoms with Crippen LogP contribution in [0, 0.1) is 0 Å². The highest BCUT2D eigenvalue weighted by molar-refractivity contribution is 7.23. The molecule has 0 saturated heterocycles. The number of rotatable bonds is 10. The first-order valence-electron chi connectivity index (χ1n) is 12.0. The van der Waals surface area contributed by atoms with Crippen LogP contribution < -0.4 is 10.1 Å². The van der Waals surface area contributed by atoms with Gasteiger partial charge in [-0.25, -0.2) is 9.97 Å². The molecule has 5 aromatic rings. The van der Waals surface area contributed by atoms with Gasteiger partial charge < -0.3 is 9.47 Å². The molecule has 38 heavy (non-hydrogen) atoms. The maximum atomic E-state index is 13.0. The molecule has 1 N–H and O–H groups in total. The minimum atomic E-state index is -0.213. The number of benzene rings is 2. The van der Waals surface area contributed by atoms with Crippen molar-refractivity contribution in [2.24, 2.45) is 0 Å². The lowest BCUT2D eigenvalue weighted by Gasteiger charge is -2.16. The smallest absolute Gasteiger partial charge is 0.257 e. The van der Waals surface area contributed by atoms with E-state index in [1.807, 2.05) is 67.0 Å². The molecule has 0 aliphatic rings. The van der Waals surface area contributed by atoms with E-state index in [4.69, 9.17) is 19.4 Å². The molecule has 0 aliphatic heterocycles. The number of pyridine rings is 1. The lowest BCUT2D eigenvalue weighted by molar-refractivity contribution is 0.102. The van der Waals surface area contributed by atoms with Crippen molar-refractivity contribution >= 4 is 43.9 Å². The zero-order chi connectivity index (χ0) is 26.5. The summed E-state index contributed by atoms with van der Waals surface area (Å²) in [5, 5.41) is 6.31. The number of carbonyl (C=O) groups excluding carboxylic acids is 1. The Kier molecular flexibility index (Phi) is 8.04. The molecule has 2 aromatic carbocycles. The number of hydrogen-bond donors (Lipinski definition) is 1. The Morgan fingerprint density at radius 2 is 1.87 bits per heavy atom. The molecule has 0 bridgehead atoms. The second kappa shape index (κ2) is 11.8. The number of fused-ring (bicyclic) bond motifs is 1. The number of ether oxygens (including phenoxy) is 2. The molecule has 1 amide bonds. The lowest BCUT2D eigenvalue weighted by Crippen LogP contribution is -2.22. The maximum Gasteiger partial charge on any atom is 0.257 e. The third-order valence-corrected chi connectivity index (χ3v) is 7.83. The molecular formula is C28H27N5O3S2. The topological polar surface area (TPSA) is 89.5 Å². The number of anilines is 1. The van der Waals surface area contributed by atoms with E-state index in [1.165, 1.54) is 22.7 Å². The van der Waals surface area contributed by atoms with E-state index < -0.39 is 0 Å². The highest BCUT2D eigenvalue weighted by Gasteiger charge is 2.18. The monoisotopic (exact) mass is 545 g/mol. The predicted octanol–water partition coefficient (Wildman–Crippen LogP) is 5.82. The number of aromatic nitrogens is 3. The SMILES string of the molecule is COCCN(C)Cc1ccc(C(=O)Nc2nc3c(OC)ccc(-c4csc(-c5ccccn5)n4)c3s2)cc1. The number of methoxy groups -OCH3 is 2. The molecule has 10 heteroatoms. The summed E-state index contributed by atoms with van der Waals surface area (Å²) in [6.07, 6.45) is 1.76. The quantitative estimate of drug-likeness (QED) is 0.236. The molecule has 3 heterocycles. The van der Waals surface area contributed by atoms with Crippen molar-refractivity contribution in [1.29, 1.82) is 0 Å². The Balaban J connectivity index is 1.37. The average molecular weight is 546 g/mol. The highest BCUT2D eigenvalue weighted by Crippen LogP contribution is 2.40. The number of nitrogens with one attached hydrogen (secondary N) is 1. The van der Waals surface area contributed by atoms with E-state index in [2.05, 4.69) is 15.2 Å². The highest BCUT2D eigenvalue weighted by atomic mass is 32.1. The van der Waals surface area contributed by atoms with Gasteiger partial charge in [0.1, 0.15) is 16.3 Å². The largest absolute Gasteiger partial charge is 0.494 e. The maximum absolute atomic E-state index is 13.0. The third kappa shape index (κ3) is 5.73. The molecule has 0 radical (unpaired) electrons. The summed E-state index contributed by atoms with van der Waals surface area (Å²) in [7, 11) is 5.35. The third-order valence-electron chi connectivity index (χ3n) is 5.96. The van der Waals surface area contributed by atoms with E-state index in [0.717, 1.165) is 45.3 Å². The van der Waals surface area contributed by atoms with Gasteiger partial charge in [-0.1, -0.05) is 29.5 Å². The van der Waals surface area contributed by atoms with E-state index in [-0.39, 0.29) is 5.91 Å². The number of carbonyl (C=O) groups is 1. The lowest BCUT2D eigenvalue weighted by atomic mass is 10.1. The molecular weight excluding hydrogens is 518 g/mol. The van der Waals surface area contributed by atoms with Crippen LogP contribution in [0.2, 0.25) is 0 Å². The molecule has 0 fully saturated rings. The Morgan fingerprint density at radius 3 is 2.61 bits per heavy atom. The van der Waals surface area contributed by atoms with Gasteiger partial charge in [0.05, 0.1) is 29.8 Å². The summed E-state index contributed by atoms with van der Waals surface area (Å²) >= 11 is 2.94. The number of thiazole rings is 2. The Hall–Kier alpha value is -3.70. The van der Waals surface area contributed by atoms with Crippen molar-refractivity contribution in [1.82, 2.24) is 19.9 Å². The van der Waals surface area contributed by atoms with Crippen LogP contribution in [0.1, 0.15) is 15.9 Å². The molecule has 0 unspecified atom stereocenters. The Labute approximate surface area is 228 Å². The summed E-state index contributed by atoms with van der Waals surface area (Å²) in [5.74, 6) is 0.428. The predicted molar refractivity (Wildman–Crippen MR) is 153 cm³/mol. The summed E-state index contributed by atoms with van der Waals surface area (Å²) in [6.45, 7) is 2.30. The minimum Gasteiger partial charge on any atom is -0.494 e. The first-order valence-corrected chi connectivity index (χ1v) is 13.7. The minimum absolute atomic E-state index is 0.213. The standard InChI is InChI=1S/C28H27N5O3S2/c1-33(14-15-35-2)16-18-7-9-19(10-8-18)26(34)32-28-31-24-23(36-3)12-11-20(25(24)38-28)22-17-37-27(30-22)21-6-4-5-13-29-21/h4-13,17H,14-16H2,1-3H3,(H,31,32,34). The molecule has 194 valence electrons. The van der Waals surface area contributed by atoms with Crippen LogP contribution in [-0.4, -0.2) is 60.2 Å². The van der Waals surface area contributed by atoms with Crippen LogP contribution in [0.5, 0.6) is 5.75 Å². The van der Waals surface area contributed by atoms with E-state index in [0.29, 0.717) is 28.6 Å². The summed E-state index contributed by atoms with van der Waals surface area (Å²) in [4.78, 5) is 29.1. The van der Waals surface area contributed by atoms with Crippen molar-refractivity contribution in [3.8, 4) is 27.7 Å². The van der Waals surface area contributed by atoms with E-state index >= 15 is 0 Å². The van der Waals surface area contributed by atoms with Gasteiger partial charge >= 0.3 is 0 Å². The second-order valence-corrected chi connectivity index (χ2v) is 10.5. The van der Waals surface area contributed by atoms with Crippen LogP contribution in [0.25, 0.3) is 32.2 Å². The normalized spacial score (nSPS) is 11.3. The van der Waals surface area contributed by atoms with Crippen LogP contribution in [0.15, 0.2) is 66.2 Å². The van der Waals surface area contributed by atoms with Gasteiger partial charge in [-0.3, -0.25) is 20.0 Å². The van der Waals surface area contributed by atoms with Crippen LogP contribution in [0.3, 0.4) is 0 Å². The van der Waals surface area contributed by atoms with Gasteiger partial charge in [0.25, 0.3) is 5.91 Å². The Morgan fingerprint density at radius 1 is 1.03 bits per heavy atom. The molecule has 3 aromatic heterocycles. The molecule has 5 rings (SSSR count). The average Bonchev–Trinajstić information content (AvgIpc) is 3.60. The van der Waals surface area contributed by atoms with Crippen molar-refractivity contribution in [3.63, 3.8) is 0 Å². The molecule has 8 nitrogen and oxygen atoms in total. The fourth-order valence-corrected chi connectivity index (χ4v) is 5.77. The van der Waals surface area contributed by atoms with Crippen molar-refractivity contribution in [3.05, 3.63) is 77.3 Å².